The molecule has 0 saturated carbocycles. The Hall–Kier alpha value is -1.35. The highest BCUT2D eigenvalue weighted by molar-refractivity contribution is 5.72. The number of carbonyl (C=O) groups excluding carboxylic acids is 1. The Kier molecular flexibility index (Phi) is 4.13. The van der Waals surface area contributed by atoms with Gasteiger partial charge in [0.25, 0.3) is 0 Å². The van der Waals surface area contributed by atoms with E-state index in [0.717, 1.165) is 11.1 Å². The molecule has 2 N–H and O–H groups in total. The first-order chi connectivity index (χ1) is 6.74. The van der Waals surface area contributed by atoms with Crippen LogP contribution < -0.4 is 5.32 Å². The molecule has 3 heteroatoms. The fraction of sp³-hybridized carbons (Fsp3) is 0.364. The summed E-state index contributed by atoms with van der Waals surface area (Å²) in [5, 5.41) is 11.6. The lowest BCUT2D eigenvalue weighted by atomic mass is 10.1. The zero-order valence-electron chi connectivity index (χ0n) is 8.29. The number of aliphatic hydroxyl groups excluding tert-OH is 1. The summed E-state index contributed by atoms with van der Waals surface area (Å²) >= 11 is 0. The molecular formula is C11H15NO2. The summed E-state index contributed by atoms with van der Waals surface area (Å²) in [5.74, 6) is -0.0381. The zero-order chi connectivity index (χ0) is 10.4. The molecule has 1 rings (SSSR count). The van der Waals surface area contributed by atoms with Gasteiger partial charge in [-0.25, -0.2) is 0 Å². The molecule has 0 saturated heterocycles. The van der Waals surface area contributed by atoms with Gasteiger partial charge in [0.1, 0.15) is 0 Å². The molecule has 0 aromatic heterocycles. The summed E-state index contributed by atoms with van der Waals surface area (Å²) in [6.07, 6.45) is 0.635. The average Bonchev–Trinajstić information content (AvgIpc) is 2.17. The van der Waals surface area contributed by atoms with Crippen LogP contribution >= 0.6 is 0 Å². The van der Waals surface area contributed by atoms with E-state index < -0.39 is 0 Å². The number of amides is 1. The Balaban J connectivity index is 2.68. The highest BCUT2D eigenvalue weighted by Crippen LogP contribution is 2.08. The number of benzene rings is 1. The van der Waals surface area contributed by atoms with Gasteiger partial charge in [-0.3, -0.25) is 4.79 Å². The van der Waals surface area contributed by atoms with Crippen molar-refractivity contribution in [2.45, 2.75) is 19.9 Å². The van der Waals surface area contributed by atoms with E-state index in [0.29, 0.717) is 13.0 Å². The van der Waals surface area contributed by atoms with E-state index in [2.05, 4.69) is 5.32 Å². The molecule has 0 aliphatic carbocycles. The molecule has 0 radical (unpaired) electrons. The molecule has 0 heterocycles. The molecule has 76 valence electrons. The SMILES string of the molecule is CC(=O)NCc1ccccc1CCO. The fourth-order valence-corrected chi connectivity index (χ4v) is 1.31. The highest BCUT2D eigenvalue weighted by atomic mass is 16.2. The number of hydrogen-bond donors (Lipinski definition) is 2. The van der Waals surface area contributed by atoms with Crippen molar-refractivity contribution < 1.29 is 9.90 Å². The summed E-state index contributed by atoms with van der Waals surface area (Å²) in [7, 11) is 0. The minimum absolute atomic E-state index is 0.0381. The van der Waals surface area contributed by atoms with Gasteiger partial charge in [0.2, 0.25) is 5.91 Å². The van der Waals surface area contributed by atoms with Gasteiger partial charge in [-0.15, -0.1) is 0 Å². The maximum Gasteiger partial charge on any atom is 0.217 e. The Morgan fingerprint density at radius 1 is 1.36 bits per heavy atom. The van der Waals surface area contributed by atoms with E-state index in [1.54, 1.807) is 0 Å². The topological polar surface area (TPSA) is 49.3 Å². The molecule has 0 fully saturated rings. The van der Waals surface area contributed by atoms with Crippen molar-refractivity contribution in [1.82, 2.24) is 5.32 Å². The Morgan fingerprint density at radius 2 is 2.00 bits per heavy atom. The van der Waals surface area contributed by atoms with Crippen LogP contribution in [0.4, 0.5) is 0 Å². The Bertz CT molecular complexity index is 310. The minimum Gasteiger partial charge on any atom is -0.396 e. The van der Waals surface area contributed by atoms with Crippen LogP contribution in [-0.4, -0.2) is 17.6 Å². The standard InChI is InChI=1S/C11H15NO2/c1-9(14)12-8-11-5-3-2-4-10(11)6-7-13/h2-5,13H,6-8H2,1H3,(H,12,14). The second-order valence-electron chi connectivity index (χ2n) is 3.15. The number of hydrogen-bond acceptors (Lipinski definition) is 2. The van der Waals surface area contributed by atoms with Crippen molar-refractivity contribution in [3.63, 3.8) is 0 Å². The molecule has 3 nitrogen and oxygen atoms in total. The van der Waals surface area contributed by atoms with E-state index in [1.807, 2.05) is 24.3 Å². The maximum absolute atomic E-state index is 10.7. The second-order valence-corrected chi connectivity index (χ2v) is 3.15. The predicted octanol–water partition coefficient (Wildman–Crippen LogP) is 0.857. The van der Waals surface area contributed by atoms with Crippen molar-refractivity contribution >= 4 is 5.91 Å². The molecule has 1 amide bonds. The zero-order valence-corrected chi connectivity index (χ0v) is 8.29. The van der Waals surface area contributed by atoms with Gasteiger partial charge >= 0.3 is 0 Å². The molecule has 0 atom stereocenters. The number of carbonyl (C=O) groups is 1. The summed E-state index contributed by atoms with van der Waals surface area (Å²) in [6, 6.07) is 7.79. The van der Waals surface area contributed by atoms with Crippen molar-refractivity contribution in [1.29, 1.82) is 0 Å². The molecule has 1 aromatic carbocycles. The van der Waals surface area contributed by atoms with Gasteiger partial charge in [0.15, 0.2) is 0 Å². The lowest BCUT2D eigenvalue weighted by molar-refractivity contribution is -0.119. The van der Waals surface area contributed by atoms with E-state index in [4.69, 9.17) is 5.11 Å². The van der Waals surface area contributed by atoms with Crippen LogP contribution in [-0.2, 0) is 17.8 Å². The largest absolute Gasteiger partial charge is 0.396 e. The number of nitrogens with one attached hydrogen (secondary N) is 1. The van der Waals surface area contributed by atoms with Crippen molar-refractivity contribution in [2.75, 3.05) is 6.61 Å². The van der Waals surface area contributed by atoms with Gasteiger partial charge in [-0.05, 0) is 17.5 Å². The molecule has 0 aliphatic rings. The van der Waals surface area contributed by atoms with Crippen molar-refractivity contribution in [3.05, 3.63) is 35.4 Å². The minimum atomic E-state index is -0.0381. The van der Waals surface area contributed by atoms with Crippen molar-refractivity contribution in [2.24, 2.45) is 0 Å². The number of aliphatic hydroxyl groups is 1. The summed E-state index contributed by atoms with van der Waals surface area (Å²) in [5.41, 5.74) is 2.15. The van der Waals surface area contributed by atoms with Gasteiger partial charge in [-0.2, -0.15) is 0 Å². The van der Waals surface area contributed by atoms with E-state index in [-0.39, 0.29) is 12.5 Å². The van der Waals surface area contributed by atoms with E-state index in [1.165, 1.54) is 6.92 Å². The monoisotopic (exact) mass is 193 g/mol. The third-order valence-corrected chi connectivity index (χ3v) is 2.03. The first-order valence-corrected chi connectivity index (χ1v) is 4.66. The molecule has 14 heavy (non-hydrogen) atoms. The first-order valence-electron chi connectivity index (χ1n) is 4.66. The molecule has 1 aromatic rings. The number of rotatable bonds is 4. The van der Waals surface area contributed by atoms with Gasteiger partial charge in [-0.1, -0.05) is 24.3 Å². The Morgan fingerprint density at radius 3 is 2.57 bits per heavy atom. The average molecular weight is 193 g/mol. The quantitative estimate of drug-likeness (QED) is 0.745. The van der Waals surface area contributed by atoms with Crippen LogP contribution in [0.5, 0.6) is 0 Å². The molecule has 0 unspecified atom stereocenters. The maximum atomic E-state index is 10.7. The van der Waals surface area contributed by atoms with Crippen LogP contribution in [0.15, 0.2) is 24.3 Å². The van der Waals surface area contributed by atoms with E-state index >= 15 is 0 Å². The summed E-state index contributed by atoms with van der Waals surface area (Å²) < 4.78 is 0. The summed E-state index contributed by atoms with van der Waals surface area (Å²) in [6.45, 7) is 2.16. The lowest BCUT2D eigenvalue weighted by Crippen LogP contribution is -2.19. The summed E-state index contributed by atoms with van der Waals surface area (Å²) in [4.78, 5) is 10.7. The fourth-order valence-electron chi connectivity index (χ4n) is 1.31. The van der Waals surface area contributed by atoms with Crippen LogP contribution in [0.2, 0.25) is 0 Å². The third-order valence-electron chi connectivity index (χ3n) is 2.03. The molecule has 0 aliphatic heterocycles. The molecule has 0 bridgehead atoms. The van der Waals surface area contributed by atoms with Crippen LogP contribution in [0.25, 0.3) is 0 Å². The van der Waals surface area contributed by atoms with Crippen molar-refractivity contribution in [3.8, 4) is 0 Å². The van der Waals surface area contributed by atoms with Gasteiger partial charge in [0, 0.05) is 20.1 Å². The normalized spacial score (nSPS) is 9.86. The predicted molar refractivity (Wildman–Crippen MR) is 54.8 cm³/mol. The van der Waals surface area contributed by atoms with E-state index in [9.17, 15) is 4.79 Å². The van der Waals surface area contributed by atoms with Gasteiger partial charge < -0.3 is 10.4 Å². The van der Waals surface area contributed by atoms with Crippen LogP contribution in [0.1, 0.15) is 18.1 Å². The first kappa shape index (κ1) is 10.7. The third kappa shape index (κ3) is 3.18. The van der Waals surface area contributed by atoms with Gasteiger partial charge in [0.05, 0.1) is 0 Å². The van der Waals surface area contributed by atoms with Crippen LogP contribution in [0, 0.1) is 0 Å². The second kappa shape index (κ2) is 5.40. The molecular weight excluding hydrogens is 178 g/mol. The highest BCUT2D eigenvalue weighted by Gasteiger charge is 2.01. The lowest BCUT2D eigenvalue weighted by Gasteiger charge is -2.08. The van der Waals surface area contributed by atoms with Crippen LogP contribution in [0.3, 0.4) is 0 Å². The Labute approximate surface area is 83.8 Å². The molecule has 0 spiro atoms. The smallest absolute Gasteiger partial charge is 0.217 e.